The maximum Gasteiger partial charge on any atom is 0.401 e. The Hall–Kier alpha value is -1.34. The van der Waals surface area contributed by atoms with Crippen molar-refractivity contribution in [3.8, 4) is 5.75 Å². The first-order valence-corrected chi connectivity index (χ1v) is 6.98. The van der Waals surface area contributed by atoms with E-state index in [-0.39, 0.29) is 17.6 Å². The number of hydrogen-bond acceptors (Lipinski definition) is 3. The highest BCUT2D eigenvalue weighted by Crippen LogP contribution is 2.32. The molecule has 1 aromatic rings. The molecular formula is C14H17F3N2OS. The largest absolute Gasteiger partial charge is 0.496 e. The van der Waals surface area contributed by atoms with E-state index < -0.39 is 12.7 Å². The van der Waals surface area contributed by atoms with Gasteiger partial charge in [0.1, 0.15) is 10.7 Å². The second-order valence-electron chi connectivity index (χ2n) is 5.15. The standard InChI is InChI=1S/C14H17F3N2OS/c1-20-12-5-2-9(6-11(12)13(18)21)7-19(10-3-4-10)8-14(15,16)17/h2,5-6,10H,3-4,7-8H2,1H3,(H2,18,21). The van der Waals surface area contributed by atoms with E-state index >= 15 is 0 Å². The van der Waals surface area contributed by atoms with E-state index in [4.69, 9.17) is 22.7 Å². The summed E-state index contributed by atoms with van der Waals surface area (Å²) in [5, 5.41) is 0. The molecule has 0 atom stereocenters. The summed E-state index contributed by atoms with van der Waals surface area (Å²) < 4.78 is 43.0. The van der Waals surface area contributed by atoms with Gasteiger partial charge in [0, 0.05) is 12.6 Å². The first-order valence-electron chi connectivity index (χ1n) is 6.57. The lowest BCUT2D eigenvalue weighted by Crippen LogP contribution is -2.35. The molecule has 0 amide bonds. The minimum atomic E-state index is -4.19. The Morgan fingerprint density at radius 2 is 2.10 bits per heavy atom. The van der Waals surface area contributed by atoms with Crippen LogP contribution in [0.5, 0.6) is 5.75 Å². The number of alkyl halides is 3. The molecule has 116 valence electrons. The predicted molar refractivity (Wildman–Crippen MR) is 78.4 cm³/mol. The van der Waals surface area contributed by atoms with Gasteiger partial charge in [0.25, 0.3) is 0 Å². The lowest BCUT2D eigenvalue weighted by atomic mass is 10.1. The summed E-state index contributed by atoms with van der Waals surface area (Å²) in [4.78, 5) is 1.62. The molecule has 21 heavy (non-hydrogen) atoms. The molecule has 0 saturated heterocycles. The van der Waals surface area contributed by atoms with Crippen molar-refractivity contribution in [3.05, 3.63) is 29.3 Å². The zero-order valence-corrected chi connectivity index (χ0v) is 12.4. The van der Waals surface area contributed by atoms with Gasteiger partial charge < -0.3 is 10.5 Å². The first-order chi connectivity index (χ1) is 9.80. The molecular weight excluding hydrogens is 301 g/mol. The van der Waals surface area contributed by atoms with E-state index in [0.29, 0.717) is 11.3 Å². The normalized spacial score (nSPS) is 15.3. The topological polar surface area (TPSA) is 38.5 Å². The molecule has 1 aromatic carbocycles. The Bertz CT molecular complexity index is 529. The molecule has 2 N–H and O–H groups in total. The van der Waals surface area contributed by atoms with Crippen molar-refractivity contribution in [2.24, 2.45) is 5.73 Å². The van der Waals surface area contributed by atoms with Gasteiger partial charge >= 0.3 is 6.18 Å². The number of benzene rings is 1. The second-order valence-corrected chi connectivity index (χ2v) is 5.59. The molecule has 1 saturated carbocycles. The fourth-order valence-electron chi connectivity index (χ4n) is 2.26. The van der Waals surface area contributed by atoms with Crippen molar-refractivity contribution in [2.45, 2.75) is 31.6 Å². The Morgan fingerprint density at radius 3 is 2.57 bits per heavy atom. The number of rotatable bonds is 6. The molecule has 1 fully saturated rings. The lowest BCUT2D eigenvalue weighted by Gasteiger charge is -2.23. The third-order valence-corrected chi connectivity index (χ3v) is 3.58. The summed E-state index contributed by atoms with van der Waals surface area (Å²) in [5.41, 5.74) is 6.92. The van der Waals surface area contributed by atoms with E-state index in [9.17, 15) is 13.2 Å². The first kappa shape index (κ1) is 16.0. The van der Waals surface area contributed by atoms with E-state index in [1.807, 2.05) is 0 Å². The molecule has 2 rings (SSSR count). The molecule has 1 aliphatic carbocycles. The number of hydrogen-bond donors (Lipinski definition) is 1. The summed E-state index contributed by atoms with van der Waals surface area (Å²) in [6.45, 7) is -0.671. The molecule has 0 unspecified atom stereocenters. The summed E-state index contributed by atoms with van der Waals surface area (Å²) in [6.07, 6.45) is -2.57. The van der Waals surface area contributed by atoms with Gasteiger partial charge in [-0.3, -0.25) is 4.90 Å². The minimum absolute atomic E-state index is 0.0157. The second kappa shape index (κ2) is 6.19. The molecule has 0 heterocycles. The highest BCUT2D eigenvalue weighted by Gasteiger charge is 2.37. The average molecular weight is 318 g/mol. The van der Waals surface area contributed by atoms with E-state index in [0.717, 1.165) is 18.4 Å². The molecule has 0 aromatic heterocycles. The SMILES string of the molecule is COc1ccc(CN(CC(F)(F)F)C2CC2)cc1C(N)=S. The van der Waals surface area contributed by atoms with Gasteiger partial charge in [-0.15, -0.1) is 0 Å². The van der Waals surface area contributed by atoms with Crippen LogP contribution in [0.3, 0.4) is 0 Å². The Morgan fingerprint density at radius 1 is 1.43 bits per heavy atom. The van der Waals surface area contributed by atoms with Gasteiger partial charge in [-0.25, -0.2) is 0 Å². The van der Waals surface area contributed by atoms with Crippen LogP contribution in [-0.4, -0.2) is 35.8 Å². The molecule has 7 heteroatoms. The van der Waals surface area contributed by atoms with Crippen LogP contribution < -0.4 is 10.5 Å². The van der Waals surface area contributed by atoms with Crippen molar-refractivity contribution < 1.29 is 17.9 Å². The van der Waals surface area contributed by atoms with Crippen LogP contribution in [0.4, 0.5) is 13.2 Å². The third-order valence-electron chi connectivity index (χ3n) is 3.36. The van der Waals surface area contributed by atoms with Gasteiger partial charge in [-0.1, -0.05) is 18.3 Å². The van der Waals surface area contributed by atoms with Crippen LogP contribution in [-0.2, 0) is 6.54 Å². The Kier molecular flexibility index (Phi) is 4.73. The monoisotopic (exact) mass is 318 g/mol. The fraction of sp³-hybridized carbons (Fsp3) is 0.500. The maximum atomic E-state index is 12.6. The molecule has 0 spiro atoms. The number of halogens is 3. The number of nitrogens with two attached hydrogens (primary N) is 1. The number of thiocarbonyl (C=S) groups is 1. The van der Waals surface area contributed by atoms with Gasteiger partial charge in [0.15, 0.2) is 0 Å². The smallest absolute Gasteiger partial charge is 0.401 e. The summed E-state index contributed by atoms with van der Waals surface area (Å²) >= 11 is 4.94. The lowest BCUT2D eigenvalue weighted by molar-refractivity contribution is -0.148. The van der Waals surface area contributed by atoms with Crippen molar-refractivity contribution >= 4 is 17.2 Å². The van der Waals surface area contributed by atoms with Crippen molar-refractivity contribution in [2.75, 3.05) is 13.7 Å². The van der Waals surface area contributed by atoms with Crippen LogP contribution >= 0.6 is 12.2 Å². The van der Waals surface area contributed by atoms with Crippen LogP contribution in [0.15, 0.2) is 18.2 Å². The van der Waals surface area contributed by atoms with Crippen molar-refractivity contribution in [1.29, 1.82) is 0 Å². The Labute approximate surface area is 126 Å². The predicted octanol–water partition coefficient (Wildman–Crippen LogP) is 2.86. The fourth-order valence-corrected chi connectivity index (χ4v) is 2.42. The number of nitrogens with zero attached hydrogens (tertiary/aromatic N) is 1. The summed E-state index contributed by atoms with van der Waals surface area (Å²) in [7, 11) is 1.50. The van der Waals surface area contributed by atoms with E-state index in [1.165, 1.54) is 12.0 Å². The average Bonchev–Trinajstić information content (AvgIpc) is 3.20. The highest BCUT2D eigenvalue weighted by atomic mass is 32.1. The van der Waals surface area contributed by atoms with Crippen LogP contribution in [0.1, 0.15) is 24.0 Å². The quantitative estimate of drug-likeness (QED) is 0.819. The van der Waals surface area contributed by atoms with Crippen LogP contribution in [0.25, 0.3) is 0 Å². The molecule has 3 nitrogen and oxygen atoms in total. The summed E-state index contributed by atoms with van der Waals surface area (Å²) in [6, 6.07) is 5.14. The van der Waals surface area contributed by atoms with Gasteiger partial charge in [0.05, 0.1) is 19.2 Å². The van der Waals surface area contributed by atoms with Crippen LogP contribution in [0, 0.1) is 0 Å². The van der Waals surface area contributed by atoms with Crippen molar-refractivity contribution in [3.63, 3.8) is 0 Å². The molecule has 0 radical (unpaired) electrons. The highest BCUT2D eigenvalue weighted by molar-refractivity contribution is 7.80. The van der Waals surface area contributed by atoms with E-state index in [2.05, 4.69) is 0 Å². The van der Waals surface area contributed by atoms with Gasteiger partial charge in [0.2, 0.25) is 0 Å². The van der Waals surface area contributed by atoms with Gasteiger partial charge in [-0.05, 0) is 30.5 Å². The zero-order chi connectivity index (χ0) is 15.6. The number of methoxy groups -OCH3 is 1. The number of ether oxygens (including phenoxy) is 1. The summed E-state index contributed by atoms with van der Waals surface area (Å²) in [5.74, 6) is 0.528. The molecule has 0 aliphatic heterocycles. The third kappa shape index (κ3) is 4.57. The van der Waals surface area contributed by atoms with E-state index in [1.54, 1.807) is 18.2 Å². The Balaban J connectivity index is 2.17. The van der Waals surface area contributed by atoms with Crippen LogP contribution in [0.2, 0.25) is 0 Å². The maximum absolute atomic E-state index is 12.6. The van der Waals surface area contributed by atoms with Crippen molar-refractivity contribution in [1.82, 2.24) is 4.90 Å². The minimum Gasteiger partial charge on any atom is -0.496 e. The molecule has 1 aliphatic rings. The zero-order valence-electron chi connectivity index (χ0n) is 11.6. The molecule has 0 bridgehead atoms. The van der Waals surface area contributed by atoms with Gasteiger partial charge in [-0.2, -0.15) is 13.2 Å².